The zero-order valence-corrected chi connectivity index (χ0v) is 14.9. The molecular weight excluding hydrogens is 333 g/mol. The maximum atomic E-state index is 13.9. The Morgan fingerprint density at radius 1 is 1.19 bits per heavy atom. The van der Waals surface area contributed by atoms with Gasteiger partial charge in [0.15, 0.2) is 0 Å². The zero-order valence-electron chi connectivity index (χ0n) is 14.9. The van der Waals surface area contributed by atoms with E-state index in [1.165, 1.54) is 11.0 Å². The van der Waals surface area contributed by atoms with Crippen LogP contribution in [0.2, 0.25) is 0 Å². The van der Waals surface area contributed by atoms with Crippen molar-refractivity contribution in [2.75, 3.05) is 23.8 Å². The summed E-state index contributed by atoms with van der Waals surface area (Å²) in [5.41, 5.74) is 1.92. The maximum Gasteiger partial charge on any atom is 0.322 e. The van der Waals surface area contributed by atoms with Gasteiger partial charge in [0.2, 0.25) is 5.91 Å². The molecule has 0 bridgehead atoms. The van der Waals surface area contributed by atoms with Crippen molar-refractivity contribution in [2.24, 2.45) is 0 Å². The Bertz CT molecular complexity index is 807. The molecule has 0 aliphatic carbocycles. The molecule has 1 aliphatic rings. The standard InChI is InChI=1S/C20H22FN3O2/c1-14(17-6-3-4-7-18(17)21)23(2)20(26)22-15-9-11-16(12-10-15)24-13-5-8-19(24)25/h3-4,6-7,9-12,14H,5,8,13H2,1-2H3,(H,22,26). The molecule has 0 aromatic heterocycles. The smallest absolute Gasteiger partial charge is 0.321 e. The van der Waals surface area contributed by atoms with Crippen LogP contribution in [-0.4, -0.2) is 30.4 Å². The number of nitrogens with one attached hydrogen (secondary N) is 1. The van der Waals surface area contributed by atoms with Crippen LogP contribution in [0.4, 0.5) is 20.6 Å². The third-order valence-corrected chi connectivity index (χ3v) is 4.76. The van der Waals surface area contributed by atoms with Crippen molar-refractivity contribution in [3.8, 4) is 0 Å². The summed E-state index contributed by atoms with van der Waals surface area (Å²) in [6.45, 7) is 2.51. The van der Waals surface area contributed by atoms with Crippen LogP contribution >= 0.6 is 0 Å². The van der Waals surface area contributed by atoms with E-state index >= 15 is 0 Å². The molecule has 136 valence electrons. The Hall–Kier alpha value is -2.89. The fourth-order valence-corrected chi connectivity index (χ4v) is 3.06. The molecule has 1 atom stereocenters. The molecule has 1 N–H and O–H groups in total. The average Bonchev–Trinajstić information content (AvgIpc) is 3.07. The average molecular weight is 355 g/mol. The number of benzene rings is 2. The number of hydrogen-bond donors (Lipinski definition) is 1. The van der Waals surface area contributed by atoms with Gasteiger partial charge in [0.1, 0.15) is 5.82 Å². The fourth-order valence-electron chi connectivity index (χ4n) is 3.06. The summed E-state index contributed by atoms with van der Waals surface area (Å²) in [5.74, 6) is -0.209. The van der Waals surface area contributed by atoms with Crippen molar-refractivity contribution in [1.29, 1.82) is 0 Å². The van der Waals surface area contributed by atoms with Gasteiger partial charge in [-0.25, -0.2) is 9.18 Å². The molecule has 3 amide bonds. The lowest BCUT2D eigenvalue weighted by atomic mass is 10.1. The number of carbonyl (C=O) groups is 2. The van der Waals surface area contributed by atoms with E-state index in [1.807, 2.05) is 12.1 Å². The van der Waals surface area contributed by atoms with Gasteiger partial charge in [-0.15, -0.1) is 0 Å². The molecule has 1 heterocycles. The molecule has 26 heavy (non-hydrogen) atoms. The summed E-state index contributed by atoms with van der Waals surface area (Å²) in [6.07, 6.45) is 1.45. The third-order valence-electron chi connectivity index (χ3n) is 4.76. The van der Waals surface area contributed by atoms with Gasteiger partial charge in [-0.2, -0.15) is 0 Å². The van der Waals surface area contributed by atoms with Crippen LogP contribution in [0.3, 0.4) is 0 Å². The van der Waals surface area contributed by atoms with Crippen molar-refractivity contribution in [1.82, 2.24) is 4.90 Å². The van der Waals surface area contributed by atoms with E-state index < -0.39 is 6.04 Å². The molecule has 0 radical (unpaired) electrons. The second-order valence-electron chi connectivity index (χ2n) is 6.43. The largest absolute Gasteiger partial charge is 0.322 e. The highest BCUT2D eigenvalue weighted by Crippen LogP contribution is 2.25. The Balaban J connectivity index is 1.65. The first-order valence-corrected chi connectivity index (χ1v) is 8.66. The molecule has 1 saturated heterocycles. The van der Waals surface area contributed by atoms with Crippen LogP contribution in [0, 0.1) is 5.82 Å². The van der Waals surface area contributed by atoms with Gasteiger partial charge in [0.05, 0.1) is 6.04 Å². The van der Waals surface area contributed by atoms with Gasteiger partial charge in [-0.3, -0.25) is 4.79 Å². The second-order valence-corrected chi connectivity index (χ2v) is 6.43. The number of urea groups is 1. The highest BCUT2D eigenvalue weighted by Gasteiger charge is 2.22. The molecular formula is C20H22FN3O2. The van der Waals surface area contributed by atoms with Gasteiger partial charge in [0, 0.05) is 37.0 Å². The summed E-state index contributed by atoms with van der Waals surface area (Å²) >= 11 is 0. The predicted octanol–water partition coefficient (Wildman–Crippen LogP) is 4.18. The Morgan fingerprint density at radius 2 is 1.88 bits per heavy atom. The second kappa shape index (κ2) is 7.56. The van der Waals surface area contributed by atoms with Crippen molar-refractivity contribution >= 4 is 23.3 Å². The van der Waals surface area contributed by atoms with Crippen molar-refractivity contribution in [3.05, 3.63) is 59.9 Å². The first kappa shape index (κ1) is 17.9. The first-order valence-electron chi connectivity index (χ1n) is 8.66. The van der Waals surface area contributed by atoms with Gasteiger partial charge in [-0.1, -0.05) is 18.2 Å². The van der Waals surface area contributed by atoms with E-state index in [2.05, 4.69) is 5.32 Å². The summed E-state index contributed by atoms with van der Waals surface area (Å²) < 4.78 is 13.9. The van der Waals surface area contributed by atoms with E-state index in [9.17, 15) is 14.0 Å². The monoisotopic (exact) mass is 355 g/mol. The molecule has 2 aromatic rings. The predicted molar refractivity (Wildman–Crippen MR) is 99.6 cm³/mol. The molecule has 1 fully saturated rings. The van der Waals surface area contributed by atoms with Crippen molar-refractivity contribution in [3.63, 3.8) is 0 Å². The minimum absolute atomic E-state index is 0.125. The fraction of sp³-hybridized carbons (Fsp3) is 0.300. The number of hydrogen-bond acceptors (Lipinski definition) is 2. The van der Waals surface area contributed by atoms with E-state index in [-0.39, 0.29) is 17.8 Å². The topological polar surface area (TPSA) is 52.7 Å². The Kier molecular flexibility index (Phi) is 5.21. The molecule has 3 rings (SSSR count). The number of amides is 3. The maximum absolute atomic E-state index is 13.9. The first-order chi connectivity index (χ1) is 12.5. The molecule has 1 aliphatic heterocycles. The van der Waals surface area contributed by atoms with E-state index in [0.717, 1.165) is 18.7 Å². The lowest BCUT2D eigenvalue weighted by Gasteiger charge is -2.26. The van der Waals surface area contributed by atoms with E-state index in [0.29, 0.717) is 17.7 Å². The number of carbonyl (C=O) groups excluding carboxylic acids is 2. The summed E-state index contributed by atoms with van der Waals surface area (Å²) in [5, 5.41) is 2.80. The number of rotatable bonds is 4. The van der Waals surface area contributed by atoms with E-state index in [1.54, 1.807) is 49.2 Å². The molecule has 6 heteroatoms. The molecule has 5 nitrogen and oxygen atoms in total. The Morgan fingerprint density at radius 3 is 2.50 bits per heavy atom. The molecule has 1 unspecified atom stereocenters. The highest BCUT2D eigenvalue weighted by atomic mass is 19.1. The number of anilines is 2. The van der Waals surface area contributed by atoms with Gasteiger partial charge < -0.3 is 15.1 Å². The normalized spacial score (nSPS) is 15.0. The minimum atomic E-state index is -0.405. The summed E-state index contributed by atoms with van der Waals surface area (Å²) in [4.78, 5) is 27.4. The molecule has 2 aromatic carbocycles. The van der Waals surface area contributed by atoms with Crippen molar-refractivity contribution < 1.29 is 14.0 Å². The number of halogens is 1. The van der Waals surface area contributed by atoms with Crippen molar-refractivity contribution in [2.45, 2.75) is 25.8 Å². The zero-order chi connectivity index (χ0) is 18.7. The molecule has 0 saturated carbocycles. The van der Waals surface area contributed by atoms with E-state index in [4.69, 9.17) is 0 Å². The van der Waals surface area contributed by atoms with Gasteiger partial charge in [-0.05, 0) is 43.7 Å². The lowest BCUT2D eigenvalue weighted by molar-refractivity contribution is -0.117. The van der Waals surface area contributed by atoms with Crippen LogP contribution in [0.15, 0.2) is 48.5 Å². The minimum Gasteiger partial charge on any atom is -0.321 e. The summed E-state index contributed by atoms with van der Waals surface area (Å²) in [6, 6.07) is 12.9. The van der Waals surface area contributed by atoms with Crippen LogP contribution < -0.4 is 10.2 Å². The van der Waals surface area contributed by atoms with Crippen LogP contribution in [0.25, 0.3) is 0 Å². The quantitative estimate of drug-likeness (QED) is 0.895. The Labute approximate surface area is 152 Å². The van der Waals surface area contributed by atoms with Crippen LogP contribution in [-0.2, 0) is 4.79 Å². The third kappa shape index (κ3) is 3.69. The highest BCUT2D eigenvalue weighted by molar-refractivity contribution is 5.96. The number of nitrogens with zero attached hydrogens (tertiary/aromatic N) is 2. The lowest BCUT2D eigenvalue weighted by Crippen LogP contribution is -2.34. The summed E-state index contributed by atoms with van der Waals surface area (Å²) in [7, 11) is 1.63. The SMILES string of the molecule is CC(c1ccccc1F)N(C)C(=O)Nc1ccc(N2CCCC2=O)cc1. The van der Waals surface area contributed by atoms with Crippen LogP contribution in [0.5, 0.6) is 0 Å². The van der Waals surface area contributed by atoms with Gasteiger partial charge >= 0.3 is 6.03 Å². The molecule has 0 spiro atoms. The van der Waals surface area contributed by atoms with Gasteiger partial charge in [0.25, 0.3) is 0 Å². The van der Waals surface area contributed by atoms with Crippen LogP contribution in [0.1, 0.15) is 31.4 Å².